The van der Waals surface area contributed by atoms with E-state index in [9.17, 15) is 25.0 Å². The van der Waals surface area contributed by atoms with Gasteiger partial charge in [0.25, 0.3) is 11.4 Å². The lowest BCUT2D eigenvalue weighted by Crippen LogP contribution is -1.98. The lowest BCUT2D eigenvalue weighted by Gasteiger charge is -1.93. The molecule has 110 valence electrons. The summed E-state index contributed by atoms with van der Waals surface area (Å²) in [4.78, 5) is 29.4. The van der Waals surface area contributed by atoms with Gasteiger partial charge in [-0.15, -0.1) is 0 Å². The van der Waals surface area contributed by atoms with Crippen LogP contribution in [0, 0.1) is 20.2 Å². The maximum absolute atomic E-state index is 10.3. The lowest BCUT2D eigenvalue weighted by molar-refractivity contribution is -0.389. The van der Waals surface area contributed by atoms with Gasteiger partial charge in [-0.1, -0.05) is 13.3 Å². The SMILES string of the molecule is CCCCC(=O)OC.O=[N+]([O-])c1ccc([N+](=O)[O-])cc1. The standard InChI is InChI=1S/C6H4N2O4.C6H12O2/c9-7(10)5-1-2-6(4-3-5)8(11)12;1-3-4-5-6(7)8-2/h1-4H;3-5H2,1-2H3. The number of carbonyl (C=O) groups is 1. The molecule has 0 amide bonds. The minimum absolute atomic E-state index is 0.105. The van der Waals surface area contributed by atoms with Crippen LogP contribution in [0.1, 0.15) is 26.2 Å². The van der Waals surface area contributed by atoms with Gasteiger partial charge >= 0.3 is 5.97 Å². The molecule has 1 rings (SSSR count). The summed E-state index contributed by atoms with van der Waals surface area (Å²) in [5.41, 5.74) is -0.304. The molecule has 1 aromatic carbocycles. The highest BCUT2D eigenvalue weighted by atomic mass is 16.6. The Hall–Kier alpha value is -2.51. The van der Waals surface area contributed by atoms with E-state index in [4.69, 9.17) is 0 Å². The quantitative estimate of drug-likeness (QED) is 0.466. The number of rotatable bonds is 5. The molecule has 0 heterocycles. The normalized spacial score (nSPS) is 9.10. The molecule has 0 aliphatic rings. The fraction of sp³-hybridized carbons (Fsp3) is 0.417. The van der Waals surface area contributed by atoms with E-state index in [0.29, 0.717) is 6.42 Å². The molecule has 0 aliphatic heterocycles. The Labute approximate surface area is 115 Å². The number of nitro groups is 2. The highest BCUT2D eigenvalue weighted by Crippen LogP contribution is 2.16. The van der Waals surface area contributed by atoms with Crippen molar-refractivity contribution in [1.82, 2.24) is 0 Å². The number of benzene rings is 1. The van der Waals surface area contributed by atoms with Gasteiger partial charge in [-0.25, -0.2) is 0 Å². The van der Waals surface area contributed by atoms with Crippen LogP contribution in [-0.4, -0.2) is 22.9 Å². The molecule has 0 aliphatic carbocycles. The Morgan fingerprint density at radius 3 is 1.75 bits per heavy atom. The van der Waals surface area contributed by atoms with Crippen molar-refractivity contribution in [2.45, 2.75) is 26.2 Å². The van der Waals surface area contributed by atoms with Crippen molar-refractivity contribution in [3.8, 4) is 0 Å². The minimum Gasteiger partial charge on any atom is -0.469 e. The molecule has 8 nitrogen and oxygen atoms in total. The molecule has 0 bridgehead atoms. The van der Waals surface area contributed by atoms with Crippen molar-refractivity contribution in [2.24, 2.45) is 0 Å². The number of nitrogens with zero attached hydrogens (tertiary/aromatic N) is 2. The van der Waals surface area contributed by atoms with Crippen molar-refractivity contribution < 1.29 is 19.4 Å². The molecule has 0 aromatic heterocycles. The Balaban J connectivity index is 0.000000396. The smallest absolute Gasteiger partial charge is 0.305 e. The maximum Gasteiger partial charge on any atom is 0.305 e. The molecule has 0 unspecified atom stereocenters. The number of ether oxygens (including phenoxy) is 1. The van der Waals surface area contributed by atoms with Crippen molar-refractivity contribution >= 4 is 17.3 Å². The van der Waals surface area contributed by atoms with Crippen LogP contribution in [0.2, 0.25) is 0 Å². The molecular weight excluding hydrogens is 268 g/mol. The molecule has 0 spiro atoms. The fourth-order valence-corrected chi connectivity index (χ4v) is 1.12. The van der Waals surface area contributed by atoms with Crippen LogP contribution in [0.25, 0.3) is 0 Å². The molecule has 0 N–H and O–H groups in total. The molecule has 0 atom stereocenters. The summed E-state index contributed by atoms with van der Waals surface area (Å²) in [5, 5.41) is 20.2. The molecule has 1 aromatic rings. The van der Waals surface area contributed by atoms with Gasteiger partial charge in [-0.2, -0.15) is 0 Å². The summed E-state index contributed by atoms with van der Waals surface area (Å²) in [6.07, 6.45) is 2.55. The van der Waals surface area contributed by atoms with Crippen LogP contribution >= 0.6 is 0 Å². The number of esters is 1. The minimum atomic E-state index is -0.607. The van der Waals surface area contributed by atoms with E-state index in [1.807, 2.05) is 6.92 Å². The zero-order chi connectivity index (χ0) is 15.5. The van der Waals surface area contributed by atoms with Gasteiger partial charge in [-0.05, 0) is 6.42 Å². The van der Waals surface area contributed by atoms with Gasteiger partial charge in [0.15, 0.2) is 0 Å². The number of nitro benzene ring substituents is 2. The predicted molar refractivity (Wildman–Crippen MR) is 71.3 cm³/mol. The van der Waals surface area contributed by atoms with Gasteiger partial charge < -0.3 is 4.74 Å². The number of non-ortho nitro benzene ring substituents is 2. The second kappa shape index (κ2) is 9.42. The number of methoxy groups -OCH3 is 1. The third kappa shape index (κ3) is 7.04. The van der Waals surface area contributed by atoms with Gasteiger partial charge in [0.2, 0.25) is 0 Å². The van der Waals surface area contributed by atoms with E-state index < -0.39 is 9.85 Å². The van der Waals surface area contributed by atoms with Gasteiger partial charge in [-0.3, -0.25) is 25.0 Å². The first-order valence-corrected chi connectivity index (χ1v) is 5.88. The molecule has 0 saturated heterocycles. The van der Waals surface area contributed by atoms with Crippen LogP contribution in [0.3, 0.4) is 0 Å². The number of unbranched alkanes of at least 4 members (excludes halogenated alkanes) is 1. The summed E-state index contributed by atoms with van der Waals surface area (Å²) in [5.74, 6) is -0.105. The van der Waals surface area contributed by atoms with Crippen LogP contribution in [0.5, 0.6) is 0 Å². The molecule has 20 heavy (non-hydrogen) atoms. The van der Waals surface area contributed by atoms with Crippen molar-refractivity contribution in [1.29, 1.82) is 0 Å². The van der Waals surface area contributed by atoms with Crippen LogP contribution in [0.15, 0.2) is 24.3 Å². The highest BCUT2D eigenvalue weighted by Gasteiger charge is 2.08. The Morgan fingerprint density at radius 2 is 1.50 bits per heavy atom. The summed E-state index contributed by atoms with van der Waals surface area (Å²) >= 11 is 0. The van der Waals surface area contributed by atoms with E-state index in [2.05, 4.69) is 4.74 Å². The Kier molecular flexibility index (Phi) is 8.24. The summed E-state index contributed by atoms with van der Waals surface area (Å²) in [7, 11) is 1.41. The number of hydrogen-bond donors (Lipinski definition) is 0. The Morgan fingerprint density at radius 1 is 1.10 bits per heavy atom. The van der Waals surface area contributed by atoms with Gasteiger partial charge in [0.1, 0.15) is 0 Å². The molecule has 0 fully saturated rings. The number of hydrogen-bond acceptors (Lipinski definition) is 6. The number of carbonyl (C=O) groups excluding carboxylic acids is 1. The third-order valence-electron chi connectivity index (χ3n) is 2.23. The van der Waals surface area contributed by atoms with Crippen LogP contribution in [0.4, 0.5) is 11.4 Å². The zero-order valence-electron chi connectivity index (χ0n) is 11.3. The first-order chi connectivity index (χ1) is 9.42. The maximum atomic E-state index is 10.3. The largest absolute Gasteiger partial charge is 0.469 e. The van der Waals surface area contributed by atoms with Crippen molar-refractivity contribution in [3.63, 3.8) is 0 Å². The fourth-order valence-electron chi connectivity index (χ4n) is 1.12. The van der Waals surface area contributed by atoms with E-state index in [1.165, 1.54) is 7.11 Å². The topological polar surface area (TPSA) is 113 Å². The lowest BCUT2D eigenvalue weighted by atomic mass is 10.3. The first kappa shape index (κ1) is 17.5. The van der Waals surface area contributed by atoms with Crippen molar-refractivity contribution in [2.75, 3.05) is 7.11 Å². The van der Waals surface area contributed by atoms with Gasteiger partial charge in [0.05, 0.1) is 17.0 Å². The molecule has 0 radical (unpaired) electrons. The zero-order valence-corrected chi connectivity index (χ0v) is 11.3. The van der Waals surface area contributed by atoms with Crippen LogP contribution < -0.4 is 0 Å². The summed E-state index contributed by atoms with van der Waals surface area (Å²) in [6.45, 7) is 2.04. The molecular formula is C12H16N2O6. The third-order valence-corrected chi connectivity index (χ3v) is 2.23. The van der Waals surface area contributed by atoms with E-state index in [1.54, 1.807) is 0 Å². The highest BCUT2D eigenvalue weighted by molar-refractivity contribution is 5.68. The second-order valence-corrected chi connectivity index (χ2v) is 3.71. The second-order valence-electron chi connectivity index (χ2n) is 3.71. The van der Waals surface area contributed by atoms with Gasteiger partial charge in [0, 0.05) is 30.7 Å². The summed E-state index contributed by atoms with van der Waals surface area (Å²) in [6, 6.07) is 4.38. The molecule has 0 saturated carbocycles. The van der Waals surface area contributed by atoms with Crippen molar-refractivity contribution in [3.05, 3.63) is 44.5 Å². The van der Waals surface area contributed by atoms with E-state index in [-0.39, 0.29) is 17.3 Å². The first-order valence-electron chi connectivity index (χ1n) is 5.88. The van der Waals surface area contributed by atoms with E-state index >= 15 is 0 Å². The monoisotopic (exact) mass is 284 g/mol. The summed E-state index contributed by atoms with van der Waals surface area (Å²) < 4.78 is 4.41. The predicted octanol–water partition coefficient (Wildman–Crippen LogP) is 2.85. The average molecular weight is 284 g/mol. The molecule has 8 heteroatoms. The Bertz CT molecular complexity index is 425. The van der Waals surface area contributed by atoms with E-state index in [0.717, 1.165) is 37.1 Å². The average Bonchev–Trinajstić information content (AvgIpc) is 2.45. The van der Waals surface area contributed by atoms with Crippen LogP contribution in [-0.2, 0) is 9.53 Å².